The molecule has 4 N–H and O–H groups in total. The highest BCUT2D eigenvalue weighted by molar-refractivity contribution is 5.79. The molecule has 0 aliphatic carbocycles. The standard InChI is InChI=1S/C20H29N5O4/c1-25(2)17(12-26)20-24-23-19(29-20)16(11-13-3-5-15(27)6-4-13)22-18(28)14-7-9-21-10-8-14/h3-6,14,16-17,21,26-27H,7-12H2,1-2H3,(H,22,28)/t16-,17-/m0/s1. The molecule has 1 aromatic carbocycles. The molecule has 1 fully saturated rings. The second-order valence-electron chi connectivity index (χ2n) is 7.60. The molecule has 29 heavy (non-hydrogen) atoms. The number of phenols is 1. The van der Waals surface area contributed by atoms with Crippen LogP contribution in [-0.4, -0.2) is 65.0 Å². The molecule has 2 aromatic rings. The summed E-state index contributed by atoms with van der Waals surface area (Å²) in [6, 6.07) is 5.90. The normalized spacial score (nSPS) is 17.2. The number of aromatic hydroxyl groups is 1. The van der Waals surface area contributed by atoms with Gasteiger partial charge in [0, 0.05) is 12.3 Å². The zero-order chi connectivity index (χ0) is 20.8. The summed E-state index contributed by atoms with van der Waals surface area (Å²) in [5, 5.41) is 33.7. The predicted molar refractivity (Wildman–Crippen MR) is 106 cm³/mol. The molecule has 2 heterocycles. The molecule has 1 aromatic heterocycles. The molecular formula is C20H29N5O4. The van der Waals surface area contributed by atoms with Gasteiger partial charge in [-0.25, -0.2) is 0 Å². The van der Waals surface area contributed by atoms with Crippen molar-refractivity contribution in [2.75, 3.05) is 33.8 Å². The number of carbonyl (C=O) groups excluding carboxylic acids is 1. The van der Waals surface area contributed by atoms with Crippen molar-refractivity contribution in [1.29, 1.82) is 0 Å². The summed E-state index contributed by atoms with van der Waals surface area (Å²) in [4.78, 5) is 14.6. The number of benzene rings is 1. The lowest BCUT2D eigenvalue weighted by Crippen LogP contribution is -2.40. The lowest BCUT2D eigenvalue weighted by atomic mass is 9.96. The molecular weight excluding hydrogens is 374 g/mol. The summed E-state index contributed by atoms with van der Waals surface area (Å²) in [7, 11) is 3.63. The number of nitrogens with zero attached hydrogens (tertiary/aromatic N) is 3. The first-order chi connectivity index (χ1) is 14.0. The Morgan fingerprint density at radius 3 is 2.52 bits per heavy atom. The number of aliphatic hydroxyl groups excluding tert-OH is 1. The minimum Gasteiger partial charge on any atom is -0.508 e. The molecule has 1 aliphatic rings. The Bertz CT molecular complexity index is 786. The molecule has 1 aliphatic heterocycles. The minimum atomic E-state index is -0.496. The van der Waals surface area contributed by atoms with Gasteiger partial charge in [0.2, 0.25) is 17.7 Å². The third-order valence-electron chi connectivity index (χ3n) is 5.24. The van der Waals surface area contributed by atoms with Crippen LogP contribution in [0.1, 0.15) is 42.3 Å². The van der Waals surface area contributed by atoms with E-state index in [4.69, 9.17) is 4.42 Å². The van der Waals surface area contributed by atoms with Crippen LogP contribution in [0.25, 0.3) is 0 Å². The zero-order valence-corrected chi connectivity index (χ0v) is 16.8. The number of aliphatic hydroxyl groups is 1. The average molecular weight is 403 g/mol. The number of hydrogen-bond acceptors (Lipinski definition) is 8. The Balaban J connectivity index is 1.80. The van der Waals surface area contributed by atoms with E-state index in [1.807, 2.05) is 14.1 Å². The van der Waals surface area contributed by atoms with E-state index in [1.165, 1.54) is 0 Å². The zero-order valence-electron chi connectivity index (χ0n) is 16.8. The van der Waals surface area contributed by atoms with Crippen LogP contribution < -0.4 is 10.6 Å². The fourth-order valence-corrected chi connectivity index (χ4v) is 3.43. The van der Waals surface area contributed by atoms with Gasteiger partial charge in [-0.05, 0) is 57.7 Å². The summed E-state index contributed by atoms with van der Waals surface area (Å²) >= 11 is 0. The van der Waals surface area contributed by atoms with Crippen LogP contribution in [0.15, 0.2) is 28.7 Å². The molecule has 3 rings (SSSR count). The van der Waals surface area contributed by atoms with Crippen molar-refractivity contribution in [3.8, 4) is 5.75 Å². The second kappa shape index (κ2) is 9.82. The number of piperidine rings is 1. The molecule has 0 unspecified atom stereocenters. The first-order valence-corrected chi connectivity index (χ1v) is 9.87. The SMILES string of the molecule is CN(C)[C@@H](CO)c1nnc([C@H](Cc2ccc(O)cc2)NC(=O)C2CCNCC2)o1. The molecule has 9 nitrogen and oxygen atoms in total. The van der Waals surface area contributed by atoms with Crippen molar-refractivity contribution in [1.82, 2.24) is 25.7 Å². The van der Waals surface area contributed by atoms with E-state index in [9.17, 15) is 15.0 Å². The van der Waals surface area contributed by atoms with E-state index >= 15 is 0 Å². The molecule has 158 valence electrons. The van der Waals surface area contributed by atoms with Gasteiger partial charge in [0.25, 0.3) is 0 Å². The maximum absolute atomic E-state index is 12.8. The van der Waals surface area contributed by atoms with Crippen molar-refractivity contribution in [3.63, 3.8) is 0 Å². The van der Waals surface area contributed by atoms with E-state index in [0.717, 1.165) is 31.5 Å². The van der Waals surface area contributed by atoms with Crippen LogP contribution in [0, 0.1) is 5.92 Å². The van der Waals surface area contributed by atoms with E-state index in [0.29, 0.717) is 18.2 Å². The predicted octanol–water partition coefficient (Wildman–Crippen LogP) is 0.770. The van der Waals surface area contributed by atoms with Crippen LogP contribution >= 0.6 is 0 Å². The number of aromatic nitrogens is 2. The van der Waals surface area contributed by atoms with Crippen LogP contribution in [-0.2, 0) is 11.2 Å². The van der Waals surface area contributed by atoms with Crippen LogP contribution in [0.4, 0.5) is 0 Å². The van der Waals surface area contributed by atoms with Gasteiger partial charge in [-0.1, -0.05) is 12.1 Å². The maximum atomic E-state index is 12.8. The number of nitrogens with one attached hydrogen (secondary N) is 2. The van der Waals surface area contributed by atoms with Crippen molar-refractivity contribution in [2.45, 2.75) is 31.3 Å². The lowest BCUT2D eigenvalue weighted by molar-refractivity contribution is -0.126. The van der Waals surface area contributed by atoms with Crippen LogP contribution in [0.2, 0.25) is 0 Å². The van der Waals surface area contributed by atoms with E-state index in [2.05, 4.69) is 20.8 Å². The molecule has 9 heteroatoms. The number of phenolic OH excluding ortho intramolecular Hbond substituents is 1. The summed E-state index contributed by atoms with van der Waals surface area (Å²) in [6.07, 6.45) is 2.03. The van der Waals surface area contributed by atoms with Gasteiger partial charge in [0.1, 0.15) is 17.8 Å². The van der Waals surface area contributed by atoms with Crippen molar-refractivity contribution < 1.29 is 19.4 Å². The van der Waals surface area contributed by atoms with Gasteiger partial charge in [0.15, 0.2) is 0 Å². The molecule has 0 saturated carbocycles. The third kappa shape index (κ3) is 5.53. The monoisotopic (exact) mass is 403 g/mol. The number of rotatable bonds is 8. The minimum absolute atomic E-state index is 0.0265. The number of carbonyl (C=O) groups is 1. The number of likely N-dealkylation sites (N-methyl/N-ethyl adjacent to an activating group) is 1. The Hall–Kier alpha value is -2.49. The Morgan fingerprint density at radius 1 is 1.24 bits per heavy atom. The van der Waals surface area contributed by atoms with Gasteiger partial charge in [-0.15, -0.1) is 10.2 Å². The average Bonchev–Trinajstić information content (AvgIpc) is 3.19. The first-order valence-electron chi connectivity index (χ1n) is 9.87. The van der Waals surface area contributed by atoms with Gasteiger partial charge in [0.05, 0.1) is 6.61 Å². The summed E-state index contributed by atoms with van der Waals surface area (Å²) in [6.45, 7) is 1.50. The Kier molecular flexibility index (Phi) is 7.18. The van der Waals surface area contributed by atoms with Gasteiger partial charge in [-0.3, -0.25) is 9.69 Å². The Labute approximate surface area is 170 Å². The second-order valence-corrected chi connectivity index (χ2v) is 7.60. The van der Waals surface area contributed by atoms with E-state index in [1.54, 1.807) is 29.2 Å². The topological polar surface area (TPSA) is 124 Å². The fourth-order valence-electron chi connectivity index (χ4n) is 3.43. The van der Waals surface area contributed by atoms with Gasteiger partial charge < -0.3 is 25.3 Å². The highest BCUT2D eigenvalue weighted by atomic mass is 16.4. The van der Waals surface area contributed by atoms with Gasteiger partial charge in [-0.2, -0.15) is 0 Å². The third-order valence-corrected chi connectivity index (χ3v) is 5.24. The first kappa shape index (κ1) is 21.2. The van der Waals surface area contributed by atoms with Crippen LogP contribution in [0.5, 0.6) is 5.75 Å². The summed E-state index contributed by atoms with van der Waals surface area (Å²) in [5.41, 5.74) is 0.921. The molecule has 0 bridgehead atoms. The number of hydrogen-bond donors (Lipinski definition) is 4. The summed E-state index contributed by atoms with van der Waals surface area (Å²) in [5.74, 6) is 0.713. The molecule has 1 amide bonds. The van der Waals surface area contributed by atoms with E-state index in [-0.39, 0.29) is 24.2 Å². The van der Waals surface area contributed by atoms with Crippen LogP contribution in [0.3, 0.4) is 0 Å². The van der Waals surface area contributed by atoms with Crippen molar-refractivity contribution >= 4 is 5.91 Å². The molecule has 1 saturated heterocycles. The molecule has 2 atom stereocenters. The maximum Gasteiger partial charge on any atom is 0.239 e. The Morgan fingerprint density at radius 2 is 1.90 bits per heavy atom. The molecule has 0 radical (unpaired) electrons. The highest BCUT2D eigenvalue weighted by Gasteiger charge is 2.28. The largest absolute Gasteiger partial charge is 0.508 e. The van der Waals surface area contributed by atoms with Crippen molar-refractivity contribution in [3.05, 3.63) is 41.6 Å². The lowest BCUT2D eigenvalue weighted by Gasteiger charge is -2.24. The fraction of sp³-hybridized carbons (Fsp3) is 0.550. The number of amides is 1. The quantitative estimate of drug-likeness (QED) is 0.510. The van der Waals surface area contributed by atoms with Crippen molar-refractivity contribution in [2.24, 2.45) is 5.92 Å². The van der Waals surface area contributed by atoms with Gasteiger partial charge >= 0.3 is 0 Å². The molecule has 0 spiro atoms. The van der Waals surface area contributed by atoms with E-state index < -0.39 is 12.1 Å². The highest BCUT2D eigenvalue weighted by Crippen LogP contribution is 2.24. The smallest absolute Gasteiger partial charge is 0.239 e. The summed E-state index contributed by atoms with van der Waals surface area (Å²) < 4.78 is 5.84.